The average Bonchev–Trinajstić information content (AvgIpc) is 2.45. The van der Waals surface area contributed by atoms with E-state index in [1.807, 2.05) is 24.3 Å². The predicted octanol–water partition coefficient (Wildman–Crippen LogP) is 3.48. The molecule has 1 atom stereocenters. The highest BCUT2D eigenvalue weighted by Gasteiger charge is 2.22. The van der Waals surface area contributed by atoms with Gasteiger partial charge >= 0.3 is 0 Å². The number of carbonyl (C=O) groups is 1. The number of carbonyl (C=O) groups excluding carboxylic acids is 1. The number of amides is 1. The van der Waals surface area contributed by atoms with Crippen LogP contribution in [0.15, 0.2) is 24.3 Å². The summed E-state index contributed by atoms with van der Waals surface area (Å²) in [6, 6.07) is 7.82. The summed E-state index contributed by atoms with van der Waals surface area (Å²) in [5, 5.41) is 3.00. The Balaban J connectivity index is 2.78. The van der Waals surface area contributed by atoms with Crippen LogP contribution in [0.2, 0.25) is 0 Å². The Morgan fingerprint density at radius 1 is 1.19 bits per heavy atom. The highest BCUT2D eigenvalue weighted by atomic mass is 16.1. The van der Waals surface area contributed by atoms with Gasteiger partial charge in [-0.15, -0.1) is 0 Å². The molecule has 0 saturated carbocycles. The molecule has 0 aromatic heterocycles. The van der Waals surface area contributed by atoms with Gasteiger partial charge in [0.25, 0.3) is 5.91 Å². The molecule has 3 N–H and O–H groups in total. The van der Waals surface area contributed by atoms with Crippen LogP contribution in [0.5, 0.6) is 0 Å². The number of rotatable bonds is 6. The largest absolute Gasteiger partial charge is 0.350 e. The van der Waals surface area contributed by atoms with E-state index in [0.29, 0.717) is 12.5 Å². The maximum Gasteiger partial charge on any atom is 0.251 e. The van der Waals surface area contributed by atoms with Crippen LogP contribution in [0.25, 0.3) is 0 Å². The van der Waals surface area contributed by atoms with Gasteiger partial charge in [0.1, 0.15) is 0 Å². The van der Waals surface area contributed by atoms with Crippen LogP contribution < -0.4 is 11.1 Å². The highest BCUT2D eigenvalue weighted by molar-refractivity contribution is 5.96. The third kappa shape index (κ3) is 4.85. The molecule has 21 heavy (non-hydrogen) atoms. The van der Waals surface area contributed by atoms with Crippen molar-refractivity contribution in [3.05, 3.63) is 35.4 Å². The van der Waals surface area contributed by atoms with Gasteiger partial charge in [-0.3, -0.25) is 4.79 Å². The molecule has 0 heterocycles. The molecule has 118 valence electrons. The lowest BCUT2D eigenvalue weighted by Gasteiger charge is -2.24. The maximum atomic E-state index is 12.4. The van der Waals surface area contributed by atoms with E-state index in [9.17, 15) is 4.79 Å². The Labute approximate surface area is 129 Å². The molecule has 0 saturated heterocycles. The van der Waals surface area contributed by atoms with E-state index in [0.717, 1.165) is 24.0 Å². The SMILES string of the molecule is CCC(CC)C(N)CNC(=O)c1ccccc1C(C)(C)C. The van der Waals surface area contributed by atoms with Gasteiger partial charge in [0.2, 0.25) is 0 Å². The summed E-state index contributed by atoms with van der Waals surface area (Å²) in [4.78, 5) is 12.4. The monoisotopic (exact) mass is 290 g/mol. The zero-order chi connectivity index (χ0) is 16.0. The zero-order valence-electron chi connectivity index (χ0n) is 14.1. The maximum absolute atomic E-state index is 12.4. The second kappa shape index (κ2) is 7.60. The zero-order valence-corrected chi connectivity index (χ0v) is 14.1. The van der Waals surface area contributed by atoms with Crippen molar-refractivity contribution in [2.75, 3.05) is 6.54 Å². The molecule has 0 aliphatic heterocycles. The molecular formula is C18H30N2O. The second-order valence-electron chi connectivity index (χ2n) is 6.75. The summed E-state index contributed by atoms with van der Waals surface area (Å²) in [5.41, 5.74) is 7.94. The first-order chi connectivity index (χ1) is 9.81. The molecule has 0 spiro atoms. The van der Waals surface area contributed by atoms with E-state index in [1.165, 1.54) is 0 Å². The molecule has 3 heteroatoms. The first kappa shape index (κ1) is 17.7. The third-order valence-corrected chi connectivity index (χ3v) is 4.13. The molecule has 0 bridgehead atoms. The second-order valence-corrected chi connectivity index (χ2v) is 6.75. The minimum Gasteiger partial charge on any atom is -0.350 e. The van der Waals surface area contributed by atoms with Gasteiger partial charge in [0.05, 0.1) is 0 Å². The van der Waals surface area contributed by atoms with Crippen molar-refractivity contribution in [2.24, 2.45) is 11.7 Å². The van der Waals surface area contributed by atoms with Crippen LogP contribution in [-0.2, 0) is 5.41 Å². The third-order valence-electron chi connectivity index (χ3n) is 4.13. The molecule has 0 aliphatic carbocycles. The van der Waals surface area contributed by atoms with Gasteiger partial charge in [0, 0.05) is 18.2 Å². The molecule has 1 amide bonds. The van der Waals surface area contributed by atoms with Crippen LogP contribution >= 0.6 is 0 Å². The van der Waals surface area contributed by atoms with Crippen LogP contribution in [0.4, 0.5) is 0 Å². The fourth-order valence-corrected chi connectivity index (χ4v) is 2.70. The van der Waals surface area contributed by atoms with Gasteiger partial charge in [0.15, 0.2) is 0 Å². The van der Waals surface area contributed by atoms with E-state index in [2.05, 4.69) is 39.9 Å². The van der Waals surface area contributed by atoms with Gasteiger partial charge < -0.3 is 11.1 Å². The molecule has 0 fully saturated rings. The van der Waals surface area contributed by atoms with Crippen molar-refractivity contribution in [3.63, 3.8) is 0 Å². The number of hydrogen-bond acceptors (Lipinski definition) is 2. The Hall–Kier alpha value is -1.35. The molecular weight excluding hydrogens is 260 g/mol. The molecule has 1 aromatic carbocycles. The average molecular weight is 290 g/mol. The summed E-state index contributed by atoms with van der Waals surface area (Å²) in [6.07, 6.45) is 2.10. The van der Waals surface area contributed by atoms with Crippen molar-refractivity contribution < 1.29 is 4.79 Å². The van der Waals surface area contributed by atoms with Gasteiger partial charge in [-0.25, -0.2) is 0 Å². The topological polar surface area (TPSA) is 55.1 Å². The number of hydrogen-bond donors (Lipinski definition) is 2. The summed E-state index contributed by atoms with van der Waals surface area (Å²) in [5.74, 6) is 0.435. The van der Waals surface area contributed by atoms with Gasteiger partial charge in [-0.2, -0.15) is 0 Å². The minimum absolute atomic E-state index is 0.0192. The summed E-state index contributed by atoms with van der Waals surface area (Å²) in [6.45, 7) is 11.2. The highest BCUT2D eigenvalue weighted by Crippen LogP contribution is 2.25. The molecule has 0 aliphatic rings. The Morgan fingerprint density at radius 2 is 1.76 bits per heavy atom. The summed E-state index contributed by atoms with van der Waals surface area (Å²) in [7, 11) is 0. The first-order valence-electron chi connectivity index (χ1n) is 7.94. The van der Waals surface area contributed by atoms with E-state index in [-0.39, 0.29) is 17.4 Å². The normalized spacial score (nSPS) is 13.3. The standard InChI is InChI=1S/C18H30N2O/c1-6-13(7-2)16(19)12-20-17(21)14-10-8-9-11-15(14)18(3,4)5/h8-11,13,16H,6-7,12,19H2,1-5H3,(H,20,21). The summed E-state index contributed by atoms with van der Waals surface area (Å²) < 4.78 is 0. The van der Waals surface area contributed by atoms with Crippen LogP contribution in [0, 0.1) is 5.92 Å². The molecule has 3 nitrogen and oxygen atoms in total. The predicted molar refractivity (Wildman–Crippen MR) is 89.5 cm³/mol. The fraction of sp³-hybridized carbons (Fsp3) is 0.611. The van der Waals surface area contributed by atoms with E-state index in [1.54, 1.807) is 0 Å². The Bertz CT molecular complexity index is 459. The minimum atomic E-state index is -0.0502. The van der Waals surface area contributed by atoms with Gasteiger partial charge in [-0.05, 0) is 23.0 Å². The van der Waals surface area contributed by atoms with Crippen LogP contribution in [-0.4, -0.2) is 18.5 Å². The molecule has 1 rings (SSSR count). The summed E-state index contributed by atoms with van der Waals surface area (Å²) >= 11 is 0. The van der Waals surface area contributed by atoms with Crippen LogP contribution in [0.1, 0.15) is 63.4 Å². The van der Waals surface area contributed by atoms with Crippen molar-refractivity contribution in [1.82, 2.24) is 5.32 Å². The molecule has 1 unspecified atom stereocenters. The Morgan fingerprint density at radius 3 is 2.29 bits per heavy atom. The number of nitrogens with one attached hydrogen (secondary N) is 1. The Kier molecular flexibility index (Phi) is 6.41. The van der Waals surface area contributed by atoms with E-state index in [4.69, 9.17) is 5.73 Å². The van der Waals surface area contributed by atoms with Crippen molar-refractivity contribution in [1.29, 1.82) is 0 Å². The lowest BCUT2D eigenvalue weighted by molar-refractivity contribution is 0.0945. The molecule has 1 aromatic rings. The van der Waals surface area contributed by atoms with E-state index < -0.39 is 0 Å². The molecule has 0 radical (unpaired) electrons. The van der Waals surface area contributed by atoms with Gasteiger partial charge in [-0.1, -0.05) is 65.7 Å². The van der Waals surface area contributed by atoms with E-state index >= 15 is 0 Å². The first-order valence-corrected chi connectivity index (χ1v) is 7.94. The van der Waals surface area contributed by atoms with Crippen LogP contribution in [0.3, 0.4) is 0 Å². The lowest BCUT2D eigenvalue weighted by Crippen LogP contribution is -2.42. The van der Waals surface area contributed by atoms with Crippen molar-refractivity contribution in [2.45, 2.75) is 58.9 Å². The smallest absolute Gasteiger partial charge is 0.251 e. The lowest BCUT2D eigenvalue weighted by atomic mass is 9.83. The number of nitrogens with two attached hydrogens (primary N) is 1. The number of benzene rings is 1. The van der Waals surface area contributed by atoms with Crippen molar-refractivity contribution >= 4 is 5.91 Å². The fourth-order valence-electron chi connectivity index (χ4n) is 2.70. The van der Waals surface area contributed by atoms with Crippen molar-refractivity contribution in [3.8, 4) is 0 Å². The quantitative estimate of drug-likeness (QED) is 0.842.